The Morgan fingerprint density at radius 2 is 2.10 bits per heavy atom. The number of hydrogen-bond acceptors (Lipinski definition) is 3. The van der Waals surface area contributed by atoms with Crippen LogP contribution in [0.2, 0.25) is 0 Å². The van der Waals surface area contributed by atoms with E-state index in [1.54, 1.807) is 24.3 Å². The molecule has 0 aromatic heterocycles. The Balaban J connectivity index is 2.06. The molecule has 1 aliphatic rings. The molecule has 5 nitrogen and oxygen atoms in total. The highest BCUT2D eigenvalue weighted by atomic mass is 32.2. The van der Waals surface area contributed by atoms with E-state index in [1.807, 2.05) is 0 Å². The summed E-state index contributed by atoms with van der Waals surface area (Å²) in [6.45, 7) is 3.21. The van der Waals surface area contributed by atoms with E-state index in [-0.39, 0.29) is 0 Å². The van der Waals surface area contributed by atoms with Gasteiger partial charge in [-0.1, -0.05) is 19.1 Å². The van der Waals surface area contributed by atoms with E-state index >= 15 is 0 Å². The van der Waals surface area contributed by atoms with Crippen LogP contribution in [0.15, 0.2) is 24.3 Å². The topological polar surface area (TPSA) is 73.2 Å². The van der Waals surface area contributed by atoms with Crippen LogP contribution >= 0.6 is 0 Å². The largest absolute Gasteiger partial charge is 0.301 e. The minimum Gasteiger partial charge on any atom is -0.271 e. The van der Waals surface area contributed by atoms with Crippen LogP contribution in [-0.2, 0) is 16.6 Å². The van der Waals surface area contributed by atoms with Crippen LogP contribution in [0.25, 0.3) is 0 Å². The maximum atomic E-state index is 12.3. The van der Waals surface area contributed by atoms with Crippen molar-refractivity contribution in [1.29, 1.82) is 5.26 Å². The number of nitriles is 1. The molecule has 0 radical (unpaired) electrons. The van der Waals surface area contributed by atoms with Gasteiger partial charge in [0.15, 0.2) is 0 Å². The summed E-state index contributed by atoms with van der Waals surface area (Å²) in [6, 6.07) is 8.97. The van der Waals surface area contributed by atoms with Crippen molar-refractivity contribution in [3.63, 3.8) is 0 Å². The Bertz CT molecular complexity index is 590. The van der Waals surface area contributed by atoms with Crippen LogP contribution in [0.5, 0.6) is 0 Å². The Kier molecular flexibility index (Phi) is 4.63. The van der Waals surface area contributed by atoms with Gasteiger partial charge in [0.2, 0.25) is 0 Å². The van der Waals surface area contributed by atoms with Gasteiger partial charge in [0.25, 0.3) is 0 Å². The smallest absolute Gasteiger partial charge is 0.271 e. The fourth-order valence-corrected chi connectivity index (χ4v) is 3.74. The van der Waals surface area contributed by atoms with Crippen molar-refractivity contribution in [3.05, 3.63) is 29.8 Å². The average molecular weight is 293 g/mol. The molecule has 1 N–H and O–H groups in total. The summed E-state index contributed by atoms with van der Waals surface area (Å²) in [7, 11) is -3.48. The zero-order valence-corrected chi connectivity index (χ0v) is 12.4. The molecule has 1 heterocycles. The van der Waals surface area contributed by atoms with Gasteiger partial charge in [-0.2, -0.15) is 18.0 Å². The summed E-state index contributed by atoms with van der Waals surface area (Å²) in [5.41, 5.74) is 1.41. The van der Waals surface area contributed by atoms with E-state index in [0.29, 0.717) is 31.1 Å². The molecule has 1 unspecified atom stereocenters. The Labute approximate surface area is 120 Å². The molecular formula is C14H19N3O2S. The molecule has 0 spiro atoms. The summed E-state index contributed by atoms with van der Waals surface area (Å²) in [6.07, 6.45) is 2.31. The maximum absolute atomic E-state index is 12.3. The minimum absolute atomic E-state index is 0.330. The second kappa shape index (κ2) is 6.25. The molecule has 0 amide bonds. The lowest BCUT2D eigenvalue weighted by Crippen LogP contribution is -2.42. The third-order valence-corrected chi connectivity index (χ3v) is 4.95. The number of rotatable bonds is 4. The van der Waals surface area contributed by atoms with Gasteiger partial charge >= 0.3 is 10.2 Å². The predicted molar refractivity (Wildman–Crippen MR) is 78.3 cm³/mol. The average Bonchev–Trinajstić information content (AvgIpc) is 2.41. The summed E-state index contributed by atoms with van der Waals surface area (Å²) < 4.78 is 28.6. The van der Waals surface area contributed by atoms with Crippen molar-refractivity contribution < 1.29 is 8.42 Å². The quantitative estimate of drug-likeness (QED) is 0.924. The molecular weight excluding hydrogens is 274 g/mol. The lowest BCUT2D eigenvalue weighted by Gasteiger charge is -2.30. The summed E-state index contributed by atoms with van der Waals surface area (Å²) in [4.78, 5) is 0. The van der Waals surface area contributed by atoms with Crippen LogP contribution in [-0.4, -0.2) is 25.8 Å². The molecule has 1 fully saturated rings. The highest BCUT2D eigenvalue weighted by molar-refractivity contribution is 7.90. The first-order valence-electron chi connectivity index (χ1n) is 6.75. The Morgan fingerprint density at radius 3 is 2.70 bits per heavy atom. The van der Waals surface area contributed by atoms with E-state index in [9.17, 15) is 8.42 Å². The summed E-state index contributed by atoms with van der Waals surface area (Å²) in [5, 5.41) is 8.60. The molecule has 1 atom stereocenters. The molecule has 1 aliphatic heterocycles. The van der Waals surface area contributed by atoms with E-state index < -0.39 is 10.2 Å². The third-order valence-electron chi connectivity index (χ3n) is 3.44. The van der Waals surface area contributed by atoms with Crippen molar-refractivity contribution in [2.75, 3.05) is 17.8 Å². The molecule has 6 heteroatoms. The molecule has 1 aromatic carbocycles. The van der Waals surface area contributed by atoms with Crippen molar-refractivity contribution in [2.24, 2.45) is 5.92 Å². The number of nitrogens with zero attached hydrogens (tertiary/aromatic N) is 2. The number of nitrogens with one attached hydrogen (secondary N) is 1. The van der Waals surface area contributed by atoms with Crippen LogP contribution in [0.1, 0.15) is 25.3 Å². The number of hydrogen-bond donors (Lipinski definition) is 1. The van der Waals surface area contributed by atoms with Crippen LogP contribution in [0.3, 0.4) is 0 Å². The lowest BCUT2D eigenvalue weighted by molar-refractivity contribution is 0.282. The second-order valence-corrected chi connectivity index (χ2v) is 6.91. The molecule has 0 aliphatic carbocycles. The number of benzene rings is 1. The van der Waals surface area contributed by atoms with Gasteiger partial charge in [0, 0.05) is 18.8 Å². The van der Waals surface area contributed by atoms with Gasteiger partial charge in [0.05, 0.1) is 12.5 Å². The maximum Gasteiger partial charge on any atom is 0.301 e. The standard InChI is InChI=1S/C14H19N3O2S/c1-12-3-2-10-17(11-12)20(18,19)16-14-6-4-13(5-7-14)8-9-15/h4-7,12,16H,2-3,8,10-11H2,1H3. The zero-order chi connectivity index (χ0) is 14.6. The molecule has 1 saturated heterocycles. The zero-order valence-electron chi connectivity index (χ0n) is 11.5. The highest BCUT2D eigenvalue weighted by Crippen LogP contribution is 2.20. The number of piperidine rings is 1. The van der Waals surface area contributed by atoms with Gasteiger partial charge in [-0.05, 0) is 36.5 Å². The second-order valence-electron chi connectivity index (χ2n) is 5.24. The first kappa shape index (κ1) is 14.8. The highest BCUT2D eigenvalue weighted by Gasteiger charge is 2.26. The van der Waals surface area contributed by atoms with Crippen LogP contribution in [0.4, 0.5) is 5.69 Å². The minimum atomic E-state index is -3.48. The SMILES string of the molecule is CC1CCCN(S(=O)(=O)Nc2ccc(CC#N)cc2)C1. The van der Waals surface area contributed by atoms with Crippen molar-refractivity contribution >= 4 is 15.9 Å². The Morgan fingerprint density at radius 1 is 1.40 bits per heavy atom. The molecule has 108 valence electrons. The van der Waals surface area contributed by atoms with Crippen LogP contribution in [0, 0.1) is 17.2 Å². The summed E-state index contributed by atoms with van der Waals surface area (Å²) >= 11 is 0. The molecule has 20 heavy (non-hydrogen) atoms. The lowest BCUT2D eigenvalue weighted by atomic mass is 10.0. The van der Waals surface area contributed by atoms with E-state index in [2.05, 4.69) is 17.7 Å². The van der Waals surface area contributed by atoms with Gasteiger partial charge in [-0.15, -0.1) is 0 Å². The predicted octanol–water partition coefficient (Wildman–Crippen LogP) is 2.14. The van der Waals surface area contributed by atoms with Gasteiger partial charge in [-0.25, -0.2) is 0 Å². The first-order chi connectivity index (χ1) is 9.51. The summed E-state index contributed by atoms with van der Waals surface area (Å²) in [5.74, 6) is 0.401. The van der Waals surface area contributed by atoms with Gasteiger partial charge in [0.1, 0.15) is 0 Å². The van der Waals surface area contributed by atoms with E-state index in [4.69, 9.17) is 5.26 Å². The van der Waals surface area contributed by atoms with Gasteiger partial charge in [-0.3, -0.25) is 4.72 Å². The van der Waals surface area contributed by atoms with Crippen molar-refractivity contribution in [1.82, 2.24) is 4.31 Å². The van der Waals surface area contributed by atoms with Crippen molar-refractivity contribution in [3.8, 4) is 6.07 Å². The number of anilines is 1. The van der Waals surface area contributed by atoms with Crippen LogP contribution < -0.4 is 4.72 Å². The fraction of sp³-hybridized carbons (Fsp3) is 0.500. The molecule has 1 aromatic rings. The van der Waals surface area contributed by atoms with E-state index in [0.717, 1.165) is 18.4 Å². The van der Waals surface area contributed by atoms with Gasteiger partial charge < -0.3 is 0 Å². The van der Waals surface area contributed by atoms with E-state index in [1.165, 1.54) is 4.31 Å². The molecule has 0 saturated carbocycles. The van der Waals surface area contributed by atoms with Crippen molar-refractivity contribution in [2.45, 2.75) is 26.2 Å². The molecule has 2 rings (SSSR count). The third kappa shape index (κ3) is 3.71. The monoisotopic (exact) mass is 293 g/mol. The molecule has 0 bridgehead atoms. The first-order valence-corrected chi connectivity index (χ1v) is 8.19. The Hall–Kier alpha value is -1.58. The normalized spacial score (nSPS) is 20.3. The fourth-order valence-electron chi connectivity index (χ4n) is 2.36.